The summed E-state index contributed by atoms with van der Waals surface area (Å²) in [6.07, 6.45) is 0. The molecule has 0 spiro atoms. The van der Waals surface area contributed by atoms with Crippen molar-refractivity contribution < 1.29 is 4.74 Å². The number of hydrogen-bond donors (Lipinski definition) is 1. The molecule has 4 heteroatoms. The molecule has 0 bridgehead atoms. The summed E-state index contributed by atoms with van der Waals surface area (Å²) >= 11 is 3.47. The fraction of sp³-hybridized carbons (Fsp3) is 0.538. The van der Waals surface area contributed by atoms with Crippen LogP contribution in [0.15, 0.2) is 22.7 Å². The van der Waals surface area contributed by atoms with Crippen molar-refractivity contribution in [3.05, 3.63) is 28.2 Å². The van der Waals surface area contributed by atoms with Gasteiger partial charge in [0.1, 0.15) is 0 Å². The molecule has 1 aromatic carbocycles. The van der Waals surface area contributed by atoms with E-state index in [2.05, 4.69) is 46.8 Å². The highest BCUT2D eigenvalue weighted by Crippen LogP contribution is 2.25. The van der Waals surface area contributed by atoms with Gasteiger partial charge in [0.25, 0.3) is 0 Å². The minimum Gasteiger partial charge on any atom is -0.398 e. The zero-order valence-electron chi connectivity index (χ0n) is 10.4. The maximum absolute atomic E-state index is 5.79. The van der Waals surface area contributed by atoms with Crippen molar-refractivity contribution in [2.75, 3.05) is 25.5 Å². The maximum atomic E-state index is 5.79. The summed E-state index contributed by atoms with van der Waals surface area (Å²) < 4.78 is 6.50. The van der Waals surface area contributed by atoms with Gasteiger partial charge >= 0.3 is 0 Å². The molecule has 94 valence electrons. The van der Waals surface area contributed by atoms with E-state index in [1.54, 1.807) is 0 Å². The van der Waals surface area contributed by atoms with Gasteiger partial charge in [-0.1, -0.05) is 6.07 Å². The first-order valence-electron chi connectivity index (χ1n) is 5.86. The van der Waals surface area contributed by atoms with Gasteiger partial charge in [-0.2, -0.15) is 0 Å². The van der Waals surface area contributed by atoms with Gasteiger partial charge in [-0.25, -0.2) is 0 Å². The number of ether oxygens (including phenoxy) is 1. The Hall–Kier alpha value is -0.580. The molecule has 0 saturated carbocycles. The molecule has 1 fully saturated rings. The second-order valence-corrected chi connectivity index (χ2v) is 6.00. The summed E-state index contributed by atoms with van der Waals surface area (Å²) in [5.74, 6) is 0. The summed E-state index contributed by atoms with van der Waals surface area (Å²) in [4.78, 5) is 2.45. The number of nitrogens with zero attached hydrogens (tertiary/aromatic N) is 1. The fourth-order valence-electron chi connectivity index (χ4n) is 2.07. The average Bonchev–Trinajstić information content (AvgIpc) is 2.26. The topological polar surface area (TPSA) is 38.5 Å². The van der Waals surface area contributed by atoms with E-state index in [0.717, 1.165) is 36.5 Å². The van der Waals surface area contributed by atoms with Gasteiger partial charge in [-0.05, 0) is 47.5 Å². The van der Waals surface area contributed by atoms with Crippen LogP contribution in [0.5, 0.6) is 0 Å². The van der Waals surface area contributed by atoms with E-state index in [4.69, 9.17) is 10.5 Å². The fourth-order valence-corrected chi connectivity index (χ4v) is 2.50. The van der Waals surface area contributed by atoms with Gasteiger partial charge in [0, 0.05) is 28.8 Å². The van der Waals surface area contributed by atoms with Crippen molar-refractivity contribution in [2.45, 2.75) is 25.9 Å². The molecule has 1 aliphatic heterocycles. The average molecular weight is 299 g/mol. The SMILES string of the molecule is CC1(C)COCCN1Cc1ccc(N)c(Br)c1. The second-order valence-electron chi connectivity index (χ2n) is 5.14. The molecule has 2 N–H and O–H groups in total. The third kappa shape index (κ3) is 3.00. The monoisotopic (exact) mass is 298 g/mol. The van der Waals surface area contributed by atoms with Gasteiger partial charge in [0.15, 0.2) is 0 Å². The summed E-state index contributed by atoms with van der Waals surface area (Å²) in [7, 11) is 0. The zero-order valence-corrected chi connectivity index (χ0v) is 12.0. The summed E-state index contributed by atoms with van der Waals surface area (Å²) in [5, 5.41) is 0. The molecule has 0 radical (unpaired) electrons. The van der Waals surface area contributed by atoms with Crippen LogP contribution in [0.3, 0.4) is 0 Å². The number of morpholine rings is 1. The van der Waals surface area contributed by atoms with Crippen molar-refractivity contribution in [1.82, 2.24) is 4.90 Å². The summed E-state index contributed by atoms with van der Waals surface area (Å²) in [6.45, 7) is 7.98. The molecule has 0 atom stereocenters. The standard InChI is InChI=1S/C13H19BrN2O/c1-13(2)9-17-6-5-16(13)8-10-3-4-12(15)11(14)7-10/h3-4,7H,5-6,8-9,15H2,1-2H3. The van der Waals surface area contributed by atoms with Crippen LogP contribution in [0.2, 0.25) is 0 Å². The molecule has 17 heavy (non-hydrogen) atoms. The second kappa shape index (κ2) is 4.96. The van der Waals surface area contributed by atoms with Crippen LogP contribution in [0.4, 0.5) is 5.69 Å². The van der Waals surface area contributed by atoms with Gasteiger partial charge in [0.2, 0.25) is 0 Å². The summed E-state index contributed by atoms with van der Waals surface area (Å²) in [5.41, 5.74) is 7.96. The van der Waals surface area contributed by atoms with Crippen LogP contribution in [-0.4, -0.2) is 30.2 Å². The van der Waals surface area contributed by atoms with Gasteiger partial charge in [-0.15, -0.1) is 0 Å². The lowest BCUT2D eigenvalue weighted by molar-refractivity contribution is -0.0552. The van der Waals surface area contributed by atoms with Crippen molar-refractivity contribution >= 4 is 21.6 Å². The zero-order chi connectivity index (χ0) is 12.5. The lowest BCUT2D eigenvalue weighted by Gasteiger charge is -2.42. The Labute approximate surface area is 111 Å². The van der Waals surface area contributed by atoms with E-state index in [-0.39, 0.29) is 5.54 Å². The number of benzene rings is 1. The van der Waals surface area contributed by atoms with Gasteiger partial charge in [-0.3, -0.25) is 4.90 Å². The maximum Gasteiger partial charge on any atom is 0.0645 e. The molecular formula is C13H19BrN2O. The van der Waals surface area contributed by atoms with Crippen molar-refractivity contribution in [2.24, 2.45) is 0 Å². The van der Waals surface area contributed by atoms with Crippen LogP contribution < -0.4 is 5.73 Å². The molecule has 1 aliphatic rings. The molecule has 0 amide bonds. The predicted molar refractivity (Wildman–Crippen MR) is 73.9 cm³/mol. The van der Waals surface area contributed by atoms with Crippen LogP contribution >= 0.6 is 15.9 Å². The highest BCUT2D eigenvalue weighted by Gasteiger charge is 2.30. The third-order valence-corrected chi connectivity index (χ3v) is 3.94. The van der Waals surface area contributed by atoms with Crippen LogP contribution in [0.1, 0.15) is 19.4 Å². The summed E-state index contributed by atoms with van der Waals surface area (Å²) in [6, 6.07) is 6.14. The van der Waals surface area contributed by atoms with Gasteiger partial charge < -0.3 is 10.5 Å². The van der Waals surface area contributed by atoms with E-state index >= 15 is 0 Å². The molecular weight excluding hydrogens is 280 g/mol. The van der Waals surface area contributed by atoms with E-state index in [0.29, 0.717) is 0 Å². The number of anilines is 1. The Kier molecular flexibility index (Phi) is 3.76. The normalized spacial score (nSPS) is 20.4. The third-order valence-electron chi connectivity index (χ3n) is 3.26. The van der Waals surface area contributed by atoms with Crippen LogP contribution in [0.25, 0.3) is 0 Å². The Balaban J connectivity index is 2.11. The molecule has 3 nitrogen and oxygen atoms in total. The highest BCUT2D eigenvalue weighted by molar-refractivity contribution is 9.10. The Morgan fingerprint density at radius 2 is 2.24 bits per heavy atom. The Morgan fingerprint density at radius 1 is 1.47 bits per heavy atom. The molecule has 1 aromatic rings. The number of nitrogens with two attached hydrogens (primary N) is 1. The molecule has 0 aliphatic carbocycles. The Bertz CT molecular complexity index is 406. The number of halogens is 1. The van der Waals surface area contributed by atoms with Crippen molar-refractivity contribution in [3.8, 4) is 0 Å². The first-order chi connectivity index (χ1) is 7.99. The smallest absolute Gasteiger partial charge is 0.0645 e. The Morgan fingerprint density at radius 3 is 2.88 bits per heavy atom. The quantitative estimate of drug-likeness (QED) is 0.853. The predicted octanol–water partition coefficient (Wildman–Crippen LogP) is 2.64. The first-order valence-corrected chi connectivity index (χ1v) is 6.65. The molecule has 0 aromatic heterocycles. The molecule has 0 unspecified atom stereocenters. The molecule has 2 rings (SSSR count). The molecule has 1 heterocycles. The lowest BCUT2D eigenvalue weighted by Crippen LogP contribution is -2.52. The van der Waals surface area contributed by atoms with Crippen LogP contribution in [0, 0.1) is 0 Å². The van der Waals surface area contributed by atoms with Crippen molar-refractivity contribution in [3.63, 3.8) is 0 Å². The number of rotatable bonds is 2. The minimum atomic E-state index is 0.103. The number of hydrogen-bond acceptors (Lipinski definition) is 3. The largest absolute Gasteiger partial charge is 0.398 e. The van der Waals surface area contributed by atoms with E-state index in [9.17, 15) is 0 Å². The van der Waals surface area contributed by atoms with E-state index < -0.39 is 0 Å². The highest BCUT2D eigenvalue weighted by atomic mass is 79.9. The van der Waals surface area contributed by atoms with Crippen molar-refractivity contribution in [1.29, 1.82) is 0 Å². The number of nitrogen functional groups attached to an aromatic ring is 1. The van der Waals surface area contributed by atoms with Crippen LogP contribution in [-0.2, 0) is 11.3 Å². The molecule has 1 saturated heterocycles. The van der Waals surface area contributed by atoms with E-state index in [1.807, 2.05) is 6.07 Å². The van der Waals surface area contributed by atoms with E-state index in [1.165, 1.54) is 5.56 Å². The minimum absolute atomic E-state index is 0.103. The first kappa shape index (κ1) is 12.9. The lowest BCUT2D eigenvalue weighted by atomic mass is 10.0. The van der Waals surface area contributed by atoms with Gasteiger partial charge in [0.05, 0.1) is 13.2 Å².